The fourth-order valence-corrected chi connectivity index (χ4v) is 2.89. The summed E-state index contributed by atoms with van der Waals surface area (Å²) < 4.78 is 5.75. The summed E-state index contributed by atoms with van der Waals surface area (Å²) >= 11 is 0. The van der Waals surface area contributed by atoms with Crippen molar-refractivity contribution in [1.29, 1.82) is 0 Å². The lowest BCUT2D eigenvalue weighted by molar-refractivity contribution is -0.138. The highest BCUT2D eigenvalue weighted by atomic mass is 16.5. The third kappa shape index (κ3) is 6.13. The number of morpholine rings is 1. The van der Waals surface area contributed by atoms with Crippen molar-refractivity contribution in [2.45, 2.75) is 18.9 Å². The number of carbonyl (C=O) groups is 1. The molecule has 1 aliphatic heterocycles. The number of benzene rings is 1. The Kier molecular flexibility index (Phi) is 6.83. The summed E-state index contributed by atoms with van der Waals surface area (Å²) in [5.74, 6) is -0.793. The number of rotatable bonds is 8. The van der Waals surface area contributed by atoms with Crippen LogP contribution in [0.15, 0.2) is 30.3 Å². The zero-order valence-corrected chi connectivity index (χ0v) is 13.3. The molecule has 0 aliphatic carbocycles. The summed E-state index contributed by atoms with van der Waals surface area (Å²) in [6, 6.07) is 10.5. The third-order valence-corrected chi connectivity index (χ3v) is 3.93. The minimum absolute atomic E-state index is 0.0634. The fraction of sp³-hybridized carbons (Fsp3) is 0.588. The zero-order chi connectivity index (χ0) is 15.8. The van der Waals surface area contributed by atoms with Gasteiger partial charge in [0.15, 0.2) is 0 Å². The van der Waals surface area contributed by atoms with Crippen molar-refractivity contribution in [2.75, 3.05) is 46.4 Å². The van der Waals surface area contributed by atoms with Crippen LogP contribution >= 0.6 is 0 Å². The summed E-state index contributed by atoms with van der Waals surface area (Å²) in [7, 11) is 1.83. The number of hydrogen-bond acceptors (Lipinski definition) is 4. The Balaban J connectivity index is 1.68. The lowest BCUT2D eigenvalue weighted by Gasteiger charge is -2.34. The molecule has 0 bridgehead atoms. The van der Waals surface area contributed by atoms with Gasteiger partial charge in [-0.25, -0.2) is 0 Å². The van der Waals surface area contributed by atoms with Crippen molar-refractivity contribution in [3.8, 4) is 0 Å². The number of carboxylic acid groups (broad SMARTS) is 1. The van der Waals surface area contributed by atoms with Gasteiger partial charge in [0, 0.05) is 19.6 Å². The van der Waals surface area contributed by atoms with Gasteiger partial charge < -0.3 is 9.84 Å². The molecular weight excluding hydrogens is 280 g/mol. The number of aryl methyl sites for hydroxylation is 1. The Morgan fingerprint density at radius 2 is 2.18 bits per heavy atom. The minimum Gasteiger partial charge on any atom is -0.480 e. The van der Waals surface area contributed by atoms with E-state index in [0.29, 0.717) is 6.54 Å². The summed E-state index contributed by atoms with van der Waals surface area (Å²) in [5.41, 5.74) is 1.38. The van der Waals surface area contributed by atoms with Crippen LogP contribution in [0.4, 0.5) is 0 Å². The first kappa shape index (κ1) is 16.9. The molecule has 0 saturated carbocycles. The molecular formula is C17H26N2O3. The first-order valence-electron chi connectivity index (χ1n) is 7.91. The molecule has 0 spiro atoms. The molecule has 5 nitrogen and oxygen atoms in total. The van der Waals surface area contributed by atoms with E-state index in [1.54, 1.807) is 4.90 Å². The number of hydrogen-bond donors (Lipinski definition) is 1. The van der Waals surface area contributed by atoms with Crippen LogP contribution in [0.3, 0.4) is 0 Å². The van der Waals surface area contributed by atoms with E-state index in [1.165, 1.54) is 5.56 Å². The Hall–Kier alpha value is -1.43. The average Bonchev–Trinajstić information content (AvgIpc) is 2.48. The SMILES string of the molecule is CN(CC(=O)O)C[C@H]1CN(CCCc2ccccc2)CCO1. The van der Waals surface area contributed by atoms with Gasteiger partial charge in [-0.3, -0.25) is 14.6 Å². The molecule has 1 N–H and O–H groups in total. The van der Waals surface area contributed by atoms with Crippen molar-refractivity contribution in [1.82, 2.24) is 9.80 Å². The number of likely N-dealkylation sites (N-methyl/N-ethyl adjacent to an activating group) is 1. The van der Waals surface area contributed by atoms with E-state index in [4.69, 9.17) is 9.84 Å². The van der Waals surface area contributed by atoms with E-state index in [2.05, 4.69) is 29.2 Å². The zero-order valence-electron chi connectivity index (χ0n) is 13.3. The highest BCUT2D eigenvalue weighted by Crippen LogP contribution is 2.09. The second kappa shape index (κ2) is 8.88. The van der Waals surface area contributed by atoms with Gasteiger partial charge in [0.05, 0.1) is 19.3 Å². The van der Waals surface area contributed by atoms with Gasteiger partial charge >= 0.3 is 5.97 Å². The Morgan fingerprint density at radius 3 is 2.91 bits per heavy atom. The predicted molar refractivity (Wildman–Crippen MR) is 86.1 cm³/mol. The molecule has 0 amide bonds. The van der Waals surface area contributed by atoms with Crippen LogP contribution < -0.4 is 0 Å². The molecule has 0 aromatic heterocycles. The molecule has 0 radical (unpaired) electrons. The molecule has 1 saturated heterocycles. The maximum absolute atomic E-state index is 10.7. The summed E-state index contributed by atoms with van der Waals surface area (Å²) in [6.45, 7) is 4.39. The molecule has 1 aromatic carbocycles. The van der Waals surface area contributed by atoms with E-state index in [-0.39, 0.29) is 12.6 Å². The summed E-state index contributed by atoms with van der Waals surface area (Å²) in [6.07, 6.45) is 2.35. The van der Waals surface area contributed by atoms with Crippen LogP contribution in [0.25, 0.3) is 0 Å². The standard InChI is InChI=1S/C17H26N2O3/c1-18(14-17(20)21)12-16-13-19(10-11-22-16)9-5-8-15-6-3-2-4-7-15/h2-4,6-7,16H,5,8-14H2,1H3,(H,20,21)/t16-/m0/s1. The van der Waals surface area contributed by atoms with Crippen molar-refractivity contribution in [2.24, 2.45) is 0 Å². The Morgan fingerprint density at radius 1 is 1.41 bits per heavy atom. The number of ether oxygens (including phenoxy) is 1. The molecule has 1 atom stereocenters. The van der Waals surface area contributed by atoms with Crippen molar-refractivity contribution in [3.63, 3.8) is 0 Å². The van der Waals surface area contributed by atoms with Gasteiger partial charge in [-0.2, -0.15) is 0 Å². The van der Waals surface area contributed by atoms with Crippen LogP contribution in [0.1, 0.15) is 12.0 Å². The van der Waals surface area contributed by atoms with Gasteiger partial charge in [-0.05, 0) is 32.0 Å². The maximum atomic E-state index is 10.7. The smallest absolute Gasteiger partial charge is 0.317 e. The van der Waals surface area contributed by atoms with Gasteiger partial charge in [0.25, 0.3) is 0 Å². The lowest BCUT2D eigenvalue weighted by Crippen LogP contribution is -2.47. The van der Waals surface area contributed by atoms with Crippen LogP contribution in [-0.2, 0) is 16.0 Å². The Bertz CT molecular complexity index is 452. The monoisotopic (exact) mass is 306 g/mol. The molecule has 0 unspecified atom stereocenters. The third-order valence-electron chi connectivity index (χ3n) is 3.93. The summed E-state index contributed by atoms with van der Waals surface area (Å²) in [5, 5.41) is 8.80. The largest absolute Gasteiger partial charge is 0.480 e. The lowest BCUT2D eigenvalue weighted by atomic mass is 10.1. The van der Waals surface area contributed by atoms with Crippen molar-refractivity contribution in [3.05, 3.63) is 35.9 Å². The Labute approximate surface area is 132 Å². The summed E-state index contributed by atoms with van der Waals surface area (Å²) in [4.78, 5) is 14.9. The molecule has 2 rings (SSSR count). The quantitative estimate of drug-likeness (QED) is 0.785. The van der Waals surface area contributed by atoms with E-state index < -0.39 is 5.97 Å². The van der Waals surface area contributed by atoms with Crippen LogP contribution in [0.2, 0.25) is 0 Å². The topological polar surface area (TPSA) is 53.0 Å². The normalized spacial score (nSPS) is 19.5. The first-order valence-corrected chi connectivity index (χ1v) is 7.91. The molecule has 22 heavy (non-hydrogen) atoms. The predicted octanol–water partition coefficient (Wildman–Crippen LogP) is 1.34. The van der Waals surface area contributed by atoms with Crippen LogP contribution in [0.5, 0.6) is 0 Å². The maximum Gasteiger partial charge on any atom is 0.317 e. The minimum atomic E-state index is -0.793. The number of nitrogens with zero attached hydrogens (tertiary/aromatic N) is 2. The molecule has 1 fully saturated rings. The van der Waals surface area contributed by atoms with E-state index in [9.17, 15) is 4.79 Å². The van der Waals surface area contributed by atoms with Gasteiger partial charge in [0.1, 0.15) is 0 Å². The highest BCUT2D eigenvalue weighted by Gasteiger charge is 2.21. The number of aliphatic carboxylic acids is 1. The van der Waals surface area contributed by atoms with Crippen molar-refractivity contribution < 1.29 is 14.6 Å². The van der Waals surface area contributed by atoms with E-state index in [0.717, 1.165) is 39.1 Å². The van der Waals surface area contributed by atoms with E-state index >= 15 is 0 Å². The van der Waals surface area contributed by atoms with Crippen LogP contribution in [-0.4, -0.2) is 73.4 Å². The number of carboxylic acids is 1. The second-order valence-electron chi connectivity index (χ2n) is 5.97. The van der Waals surface area contributed by atoms with Gasteiger partial charge in [-0.15, -0.1) is 0 Å². The molecule has 1 heterocycles. The van der Waals surface area contributed by atoms with Gasteiger partial charge in [-0.1, -0.05) is 30.3 Å². The first-order chi connectivity index (χ1) is 10.6. The molecule has 1 aromatic rings. The fourth-order valence-electron chi connectivity index (χ4n) is 2.89. The van der Waals surface area contributed by atoms with Crippen LogP contribution in [0, 0.1) is 0 Å². The molecule has 1 aliphatic rings. The van der Waals surface area contributed by atoms with E-state index in [1.807, 2.05) is 13.1 Å². The van der Waals surface area contributed by atoms with Crippen molar-refractivity contribution >= 4 is 5.97 Å². The molecule has 122 valence electrons. The average molecular weight is 306 g/mol. The highest BCUT2D eigenvalue weighted by molar-refractivity contribution is 5.69. The van der Waals surface area contributed by atoms with Gasteiger partial charge in [0.2, 0.25) is 0 Å². The second-order valence-corrected chi connectivity index (χ2v) is 5.97. The molecule has 5 heteroatoms.